The lowest BCUT2D eigenvalue weighted by atomic mass is 10.1. The summed E-state index contributed by atoms with van der Waals surface area (Å²) in [6.45, 7) is 0.0691. The van der Waals surface area contributed by atoms with Crippen LogP contribution in [0.25, 0.3) is 0 Å². The van der Waals surface area contributed by atoms with Gasteiger partial charge in [0, 0.05) is 15.6 Å². The molecular weight excluding hydrogens is 358 g/mol. The molecule has 1 fully saturated rings. The zero-order valence-corrected chi connectivity index (χ0v) is 14.0. The van der Waals surface area contributed by atoms with Crippen molar-refractivity contribution in [2.75, 3.05) is 0 Å². The number of carbonyl (C=O) groups is 2. The van der Waals surface area contributed by atoms with E-state index in [9.17, 15) is 9.59 Å². The molecule has 0 aliphatic heterocycles. The molecule has 2 atom stereocenters. The topological polar surface area (TPSA) is 69.4 Å². The van der Waals surface area contributed by atoms with E-state index in [0.717, 1.165) is 16.5 Å². The number of amides is 1. The van der Waals surface area contributed by atoms with Gasteiger partial charge < -0.3 is 10.5 Å². The fourth-order valence-corrected chi connectivity index (χ4v) is 3.12. The molecule has 4 nitrogen and oxygen atoms in total. The molecular formula is C18H16BrNO3. The lowest BCUT2D eigenvalue weighted by Gasteiger charge is -2.08. The quantitative estimate of drug-likeness (QED) is 0.816. The Bertz CT molecular complexity index is 759. The van der Waals surface area contributed by atoms with E-state index in [1.807, 2.05) is 24.3 Å². The monoisotopic (exact) mass is 373 g/mol. The van der Waals surface area contributed by atoms with Crippen LogP contribution in [-0.4, -0.2) is 11.9 Å². The molecule has 0 saturated heterocycles. The van der Waals surface area contributed by atoms with Crippen molar-refractivity contribution in [3.63, 3.8) is 0 Å². The van der Waals surface area contributed by atoms with E-state index in [-0.39, 0.29) is 24.4 Å². The molecule has 1 saturated carbocycles. The fourth-order valence-electron chi connectivity index (χ4n) is 2.70. The molecule has 2 unspecified atom stereocenters. The number of primary amides is 1. The van der Waals surface area contributed by atoms with Gasteiger partial charge in [-0.05, 0) is 36.1 Å². The van der Waals surface area contributed by atoms with E-state index in [4.69, 9.17) is 10.5 Å². The second-order valence-electron chi connectivity index (χ2n) is 5.63. The number of carbonyl (C=O) groups excluding carboxylic acids is 2. The summed E-state index contributed by atoms with van der Waals surface area (Å²) in [7, 11) is 0. The number of nitrogens with two attached hydrogens (primary N) is 1. The Kier molecular flexibility index (Phi) is 4.48. The van der Waals surface area contributed by atoms with Crippen molar-refractivity contribution in [2.24, 2.45) is 11.7 Å². The summed E-state index contributed by atoms with van der Waals surface area (Å²) in [4.78, 5) is 23.5. The maximum atomic E-state index is 12.2. The van der Waals surface area contributed by atoms with Crippen LogP contribution in [0.2, 0.25) is 0 Å². The molecule has 2 N–H and O–H groups in total. The third kappa shape index (κ3) is 3.62. The molecule has 0 bridgehead atoms. The molecule has 118 valence electrons. The third-order valence-electron chi connectivity index (χ3n) is 4.02. The molecule has 1 aliphatic carbocycles. The Balaban J connectivity index is 1.60. The summed E-state index contributed by atoms with van der Waals surface area (Å²) in [5.41, 5.74) is 7.48. The van der Waals surface area contributed by atoms with Crippen molar-refractivity contribution in [2.45, 2.75) is 18.9 Å². The summed E-state index contributed by atoms with van der Waals surface area (Å²) < 4.78 is 6.37. The molecule has 5 heteroatoms. The van der Waals surface area contributed by atoms with Gasteiger partial charge in [-0.1, -0.05) is 46.3 Å². The van der Waals surface area contributed by atoms with Crippen molar-refractivity contribution < 1.29 is 14.3 Å². The predicted molar refractivity (Wildman–Crippen MR) is 89.7 cm³/mol. The zero-order chi connectivity index (χ0) is 16.4. The van der Waals surface area contributed by atoms with E-state index in [0.29, 0.717) is 11.1 Å². The number of benzene rings is 2. The van der Waals surface area contributed by atoms with Crippen LogP contribution in [0.4, 0.5) is 0 Å². The highest BCUT2D eigenvalue weighted by Gasteiger charge is 2.45. The van der Waals surface area contributed by atoms with Crippen LogP contribution in [0.1, 0.15) is 33.8 Å². The zero-order valence-electron chi connectivity index (χ0n) is 12.4. The minimum Gasteiger partial charge on any atom is -0.461 e. The van der Waals surface area contributed by atoms with Gasteiger partial charge in [0.05, 0.1) is 5.92 Å². The molecule has 0 spiro atoms. The SMILES string of the molecule is NC(=O)c1ccccc1COC(=O)C1CC1c1cccc(Br)c1. The van der Waals surface area contributed by atoms with Crippen LogP contribution in [0.5, 0.6) is 0 Å². The Morgan fingerprint density at radius 2 is 1.96 bits per heavy atom. The van der Waals surface area contributed by atoms with E-state index >= 15 is 0 Å². The fraction of sp³-hybridized carbons (Fsp3) is 0.222. The van der Waals surface area contributed by atoms with Crippen LogP contribution in [0.15, 0.2) is 53.0 Å². The molecule has 2 aromatic rings. The van der Waals surface area contributed by atoms with Crippen LogP contribution >= 0.6 is 15.9 Å². The van der Waals surface area contributed by atoms with Gasteiger partial charge in [0.1, 0.15) is 6.61 Å². The van der Waals surface area contributed by atoms with Gasteiger partial charge >= 0.3 is 5.97 Å². The average Bonchev–Trinajstić information content (AvgIpc) is 3.33. The maximum Gasteiger partial charge on any atom is 0.309 e. The highest BCUT2D eigenvalue weighted by Crippen LogP contribution is 2.48. The molecule has 1 amide bonds. The van der Waals surface area contributed by atoms with Gasteiger partial charge in [-0.25, -0.2) is 0 Å². The number of esters is 1. The van der Waals surface area contributed by atoms with Gasteiger partial charge in [0.25, 0.3) is 0 Å². The van der Waals surface area contributed by atoms with Gasteiger partial charge in [0.2, 0.25) is 5.91 Å². The Morgan fingerprint density at radius 3 is 2.70 bits per heavy atom. The lowest BCUT2D eigenvalue weighted by molar-refractivity contribution is -0.146. The second kappa shape index (κ2) is 6.54. The molecule has 23 heavy (non-hydrogen) atoms. The highest BCUT2D eigenvalue weighted by molar-refractivity contribution is 9.10. The molecule has 3 rings (SSSR count). The minimum atomic E-state index is -0.518. The van der Waals surface area contributed by atoms with Crippen molar-refractivity contribution in [1.29, 1.82) is 0 Å². The van der Waals surface area contributed by atoms with E-state index in [1.165, 1.54) is 0 Å². The summed E-state index contributed by atoms with van der Waals surface area (Å²) in [5.74, 6) is -0.638. The van der Waals surface area contributed by atoms with Crippen molar-refractivity contribution >= 4 is 27.8 Å². The summed E-state index contributed by atoms with van der Waals surface area (Å²) in [6.07, 6.45) is 0.798. The molecule has 1 aliphatic rings. The Hall–Kier alpha value is -2.14. The molecule has 0 radical (unpaired) electrons. The lowest BCUT2D eigenvalue weighted by Crippen LogP contribution is -2.15. The van der Waals surface area contributed by atoms with Crippen molar-refractivity contribution in [1.82, 2.24) is 0 Å². The van der Waals surface area contributed by atoms with E-state index < -0.39 is 5.91 Å². The van der Waals surface area contributed by atoms with Gasteiger partial charge in [-0.2, -0.15) is 0 Å². The first kappa shape index (κ1) is 15.7. The Morgan fingerprint density at radius 1 is 1.17 bits per heavy atom. The standard InChI is InChI=1S/C18H16BrNO3/c19-13-6-3-5-11(8-13)15-9-16(15)18(22)23-10-12-4-1-2-7-14(12)17(20)21/h1-8,15-16H,9-10H2,(H2,20,21). The maximum absolute atomic E-state index is 12.2. The first-order valence-corrected chi connectivity index (χ1v) is 8.15. The van der Waals surface area contributed by atoms with Gasteiger partial charge in [-0.3, -0.25) is 9.59 Å². The summed E-state index contributed by atoms with van der Waals surface area (Å²) in [5, 5.41) is 0. The van der Waals surface area contributed by atoms with E-state index in [1.54, 1.807) is 24.3 Å². The molecule has 0 aromatic heterocycles. The first-order chi connectivity index (χ1) is 11.1. The first-order valence-electron chi connectivity index (χ1n) is 7.36. The molecule has 0 heterocycles. The predicted octanol–water partition coefficient (Wildman–Crippen LogP) is 3.39. The smallest absolute Gasteiger partial charge is 0.309 e. The van der Waals surface area contributed by atoms with Crippen LogP contribution in [0.3, 0.4) is 0 Å². The average molecular weight is 374 g/mol. The van der Waals surface area contributed by atoms with Crippen molar-refractivity contribution in [3.8, 4) is 0 Å². The summed E-state index contributed by atoms with van der Waals surface area (Å²) >= 11 is 3.44. The normalized spacial score (nSPS) is 19.2. The largest absolute Gasteiger partial charge is 0.461 e. The number of rotatable bonds is 5. The third-order valence-corrected chi connectivity index (χ3v) is 4.52. The number of halogens is 1. The second-order valence-corrected chi connectivity index (χ2v) is 6.55. The Labute approximate surface area is 142 Å². The highest BCUT2D eigenvalue weighted by atomic mass is 79.9. The van der Waals surface area contributed by atoms with Crippen molar-refractivity contribution in [3.05, 3.63) is 69.7 Å². The number of ether oxygens (including phenoxy) is 1. The van der Waals surface area contributed by atoms with Crippen LogP contribution in [0, 0.1) is 5.92 Å². The van der Waals surface area contributed by atoms with Gasteiger partial charge in [0.15, 0.2) is 0 Å². The van der Waals surface area contributed by atoms with Crippen LogP contribution in [-0.2, 0) is 16.1 Å². The van der Waals surface area contributed by atoms with Crippen LogP contribution < -0.4 is 5.73 Å². The summed E-state index contributed by atoms with van der Waals surface area (Å²) in [6, 6.07) is 14.9. The van der Waals surface area contributed by atoms with E-state index in [2.05, 4.69) is 15.9 Å². The van der Waals surface area contributed by atoms with Gasteiger partial charge in [-0.15, -0.1) is 0 Å². The minimum absolute atomic E-state index is 0.0691. The number of hydrogen-bond donors (Lipinski definition) is 1. The molecule has 2 aromatic carbocycles. The number of hydrogen-bond acceptors (Lipinski definition) is 3.